The zero-order chi connectivity index (χ0) is 21.6. The van der Waals surface area contributed by atoms with E-state index < -0.39 is 10.0 Å². The van der Waals surface area contributed by atoms with Gasteiger partial charge < -0.3 is 10.2 Å². The Balaban J connectivity index is 1.34. The Kier molecular flexibility index (Phi) is 5.72. The number of nitrogens with zero attached hydrogens (tertiary/aromatic N) is 3. The Bertz CT molecular complexity index is 1100. The van der Waals surface area contributed by atoms with Crippen molar-refractivity contribution in [2.75, 3.05) is 57.4 Å². The van der Waals surface area contributed by atoms with Crippen molar-refractivity contribution >= 4 is 44.2 Å². The third-order valence-electron chi connectivity index (χ3n) is 6.55. The van der Waals surface area contributed by atoms with Crippen LogP contribution in [-0.2, 0) is 14.8 Å². The number of anilines is 1. The first-order valence-corrected chi connectivity index (χ1v) is 13.3. The molecule has 3 saturated heterocycles. The molecule has 0 spiro atoms. The van der Waals surface area contributed by atoms with Crippen molar-refractivity contribution in [1.29, 1.82) is 0 Å². The van der Waals surface area contributed by atoms with Crippen molar-refractivity contribution in [1.82, 2.24) is 14.1 Å². The van der Waals surface area contributed by atoms with Gasteiger partial charge >= 0.3 is 0 Å². The van der Waals surface area contributed by atoms with E-state index in [9.17, 15) is 13.2 Å². The van der Waals surface area contributed by atoms with Crippen LogP contribution in [0, 0.1) is 0 Å². The van der Waals surface area contributed by atoms with E-state index in [0.717, 1.165) is 54.8 Å². The maximum Gasteiger partial charge on any atom is 0.243 e. The van der Waals surface area contributed by atoms with Gasteiger partial charge in [0.1, 0.15) is 0 Å². The summed E-state index contributed by atoms with van der Waals surface area (Å²) < 4.78 is 28.1. The lowest BCUT2D eigenvalue weighted by molar-refractivity contribution is -0.117. The minimum Gasteiger partial charge on any atom is -0.324 e. The van der Waals surface area contributed by atoms with Crippen molar-refractivity contribution < 1.29 is 13.2 Å². The van der Waals surface area contributed by atoms with Crippen LogP contribution in [0.4, 0.5) is 5.69 Å². The van der Waals surface area contributed by atoms with Crippen LogP contribution in [0.25, 0.3) is 10.8 Å². The Labute approximate surface area is 187 Å². The number of sulfonamides is 1. The maximum atomic E-state index is 13.2. The van der Waals surface area contributed by atoms with Crippen molar-refractivity contribution in [3.05, 3.63) is 36.4 Å². The summed E-state index contributed by atoms with van der Waals surface area (Å²) >= 11 is 1.88. The Morgan fingerprint density at radius 2 is 1.97 bits per heavy atom. The van der Waals surface area contributed by atoms with E-state index in [1.165, 1.54) is 0 Å². The summed E-state index contributed by atoms with van der Waals surface area (Å²) in [7, 11) is -1.41. The SMILES string of the molecule is CN1CCN(CC(=O)Nc2cccc3cc(S(=O)(=O)N4CC5CC4CS5)ccc23)CC1. The molecule has 3 aliphatic rings. The van der Waals surface area contributed by atoms with Crippen LogP contribution in [-0.4, -0.2) is 91.8 Å². The molecule has 2 atom stereocenters. The average Bonchev–Trinajstić information content (AvgIpc) is 3.39. The second-order valence-electron chi connectivity index (χ2n) is 8.74. The molecule has 0 aromatic heterocycles. The van der Waals surface area contributed by atoms with Gasteiger partial charge in [0.25, 0.3) is 0 Å². The first-order valence-electron chi connectivity index (χ1n) is 10.8. The molecular weight excluding hydrogens is 432 g/mol. The molecule has 1 N–H and O–H groups in total. The highest BCUT2D eigenvalue weighted by molar-refractivity contribution is 8.00. The minimum atomic E-state index is -3.50. The number of hydrogen-bond donors (Lipinski definition) is 1. The molecule has 0 saturated carbocycles. The van der Waals surface area contributed by atoms with Crippen LogP contribution in [0.1, 0.15) is 6.42 Å². The van der Waals surface area contributed by atoms with Gasteiger partial charge in [-0.25, -0.2) is 8.42 Å². The van der Waals surface area contributed by atoms with Crippen LogP contribution >= 0.6 is 11.8 Å². The van der Waals surface area contributed by atoms with Crippen molar-refractivity contribution in [2.24, 2.45) is 0 Å². The van der Waals surface area contributed by atoms with E-state index in [1.807, 2.05) is 36.0 Å². The molecule has 1 amide bonds. The number of carbonyl (C=O) groups is 1. The first-order chi connectivity index (χ1) is 14.9. The van der Waals surface area contributed by atoms with E-state index in [1.54, 1.807) is 16.4 Å². The largest absolute Gasteiger partial charge is 0.324 e. The fraction of sp³-hybridized carbons (Fsp3) is 0.500. The van der Waals surface area contributed by atoms with Crippen molar-refractivity contribution in [3.8, 4) is 0 Å². The Hall–Kier alpha value is -1.65. The molecule has 5 rings (SSSR count). The molecule has 7 nitrogen and oxygen atoms in total. The van der Waals surface area contributed by atoms with Crippen molar-refractivity contribution in [3.63, 3.8) is 0 Å². The molecule has 3 fully saturated rings. The quantitative estimate of drug-likeness (QED) is 0.735. The smallest absolute Gasteiger partial charge is 0.243 e. The van der Waals surface area contributed by atoms with Gasteiger partial charge in [0.15, 0.2) is 0 Å². The third kappa shape index (κ3) is 4.21. The maximum absolute atomic E-state index is 13.2. The number of carbonyl (C=O) groups excluding carboxylic acids is 1. The molecule has 2 unspecified atom stereocenters. The van der Waals surface area contributed by atoms with Crippen LogP contribution in [0.5, 0.6) is 0 Å². The average molecular weight is 461 g/mol. The summed E-state index contributed by atoms with van der Waals surface area (Å²) in [4.78, 5) is 17.4. The predicted molar refractivity (Wildman–Crippen MR) is 125 cm³/mol. The van der Waals surface area contributed by atoms with Gasteiger partial charge in [0.05, 0.1) is 11.4 Å². The fourth-order valence-corrected chi connectivity index (χ4v) is 8.06. The summed E-state index contributed by atoms with van der Waals surface area (Å²) in [6.07, 6.45) is 0.959. The number of likely N-dealkylation sites (N-methyl/N-ethyl adjacent to an activating group) is 1. The van der Waals surface area contributed by atoms with Crippen LogP contribution in [0.3, 0.4) is 0 Å². The number of benzene rings is 2. The molecule has 3 heterocycles. The van der Waals surface area contributed by atoms with Gasteiger partial charge in [-0.1, -0.05) is 18.2 Å². The molecule has 2 aromatic carbocycles. The summed E-state index contributed by atoms with van der Waals surface area (Å²) in [6, 6.07) is 11.0. The monoisotopic (exact) mass is 460 g/mol. The second-order valence-corrected chi connectivity index (χ2v) is 12.0. The van der Waals surface area contributed by atoms with Gasteiger partial charge in [-0.3, -0.25) is 9.69 Å². The molecule has 9 heteroatoms. The Morgan fingerprint density at radius 1 is 1.16 bits per heavy atom. The summed E-state index contributed by atoms with van der Waals surface area (Å²) in [5.41, 5.74) is 0.720. The lowest BCUT2D eigenvalue weighted by atomic mass is 10.1. The van der Waals surface area contributed by atoms with Crippen LogP contribution in [0.15, 0.2) is 41.3 Å². The normalized spacial score (nSPS) is 25.3. The van der Waals surface area contributed by atoms with Gasteiger partial charge in [-0.15, -0.1) is 0 Å². The Morgan fingerprint density at radius 3 is 2.68 bits per heavy atom. The molecular formula is C22H28N4O3S2. The number of piperazine rings is 1. The third-order valence-corrected chi connectivity index (χ3v) is 9.85. The van der Waals surface area contributed by atoms with Gasteiger partial charge in [0, 0.05) is 60.8 Å². The standard InChI is InChI=1S/C22H28N4O3S2/c1-24-7-9-25(10-8-24)14-22(27)23-21-4-2-3-16-11-19(5-6-20(16)21)31(28,29)26-13-18-12-17(26)15-30-18/h2-6,11,17-18H,7-10,12-15H2,1H3,(H,23,27). The van der Waals surface area contributed by atoms with Gasteiger partial charge in [-0.05, 0) is 37.1 Å². The highest BCUT2D eigenvalue weighted by atomic mass is 32.2. The lowest BCUT2D eigenvalue weighted by Gasteiger charge is -2.31. The molecule has 0 aliphatic carbocycles. The number of hydrogen-bond acceptors (Lipinski definition) is 6. The summed E-state index contributed by atoms with van der Waals surface area (Å²) in [5.74, 6) is 0.848. The fourth-order valence-electron chi connectivity index (χ4n) is 4.72. The zero-order valence-corrected chi connectivity index (χ0v) is 19.3. The summed E-state index contributed by atoms with van der Waals surface area (Å²) in [5, 5.41) is 5.12. The van der Waals surface area contributed by atoms with E-state index >= 15 is 0 Å². The number of fused-ring (bicyclic) bond motifs is 3. The second kappa shape index (κ2) is 8.37. The number of thioether (sulfide) groups is 1. The van der Waals surface area contributed by atoms with E-state index in [2.05, 4.69) is 22.2 Å². The predicted octanol–water partition coefficient (Wildman–Crippen LogP) is 1.90. The molecule has 2 bridgehead atoms. The zero-order valence-electron chi connectivity index (χ0n) is 17.7. The minimum absolute atomic E-state index is 0.0423. The topological polar surface area (TPSA) is 73.0 Å². The van der Waals surface area contributed by atoms with Crippen molar-refractivity contribution in [2.45, 2.75) is 22.6 Å². The molecule has 166 valence electrons. The highest BCUT2D eigenvalue weighted by Gasteiger charge is 2.44. The van der Waals surface area contributed by atoms with E-state index in [0.29, 0.717) is 23.2 Å². The van der Waals surface area contributed by atoms with Crippen LogP contribution < -0.4 is 5.32 Å². The summed E-state index contributed by atoms with van der Waals surface area (Å²) in [6.45, 7) is 4.69. The first kappa shape index (κ1) is 21.2. The van der Waals surface area contributed by atoms with E-state index in [4.69, 9.17) is 0 Å². The van der Waals surface area contributed by atoms with E-state index in [-0.39, 0.29) is 11.9 Å². The highest BCUT2D eigenvalue weighted by Crippen LogP contribution is 2.40. The van der Waals surface area contributed by atoms with Crippen LogP contribution in [0.2, 0.25) is 0 Å². The lowest BCUT2D eigenvalue weighted by Crippen LogP contribution is -2.47. The van der Waals surface area contributed by atoms with Gasteiger partial charge in [0.2, 0.25) is 15.9 Å². The molecule has 0 radical (unpaired) electrons. The molecule has 2 aromatic rings. The number of rotatable bonds is 5. The molecule has 31 heavy (non-hydrogen) atoms. The van der Waals surface area contributed by atoms with Gasteiger partial charge in [-0.2, -0.15) is 16.1 Å². The number of nitrogens with one attached hydrogen (secondary N) is 1. The number of amides is 1. The molecule has 3 aliphatic heterocycles.